The molecule has 3 nitrogen and oxygen atoms in total. The number of hydrogen-bond donors (Lipinski definition) is 0. The predicted molar refractivity (Wildman–Crippen MR) is 57.6 cm³/mol. The SMILES string of the molecule is Cc1c(CC#N)ncc(OC(F)(F)F)c1CBr. The van der Waals surface area contributed by atoms with Gasteiger partial charge in [0.05, 0.1) is 24.4 Å². The zero-order valence-corrected chi connectivity index (χ0v) is 10.4. The summed E-state index contributed by atoms with van der Waals surface area (Å²) < 4.78 is 40.2. The van der Waals surface area contributed by atoms with E-state index in [2.05, 4.69) is 25.7 Å². The van der Waals surface area contributed by atoms with Crippen LogP contribution in [0.25, 0.3) is 0 Å². The van der Waals surface area contributed by atoms with E-state index in [1.165, 1.54) is 0 Å². The van der Waals surface area contributed by atoms with Crippen LogP contribution in [0.2, 0.25) is 0 Å². The Labute approximate surface area is 104 Å². The number of alkyl halides is 4. The van der Waals surface area contributed by atoms with Crippen molar-refractivity contribution in [3.8, 4) is 11.8 Å². The summed E-state index contributed by atoms with van der Waals surface area (Å²) in [5, 5.41) is 8.75. The Balaban J connectivity index is 3.17. The predicted octanol–water partition coefficient (Wildman–Crippen LogP) is 3.25. The molecular formula is C10H8BrF3N2O. The Morgan fingerprint density at radius 3 is 2.65 bits per heavy atom. The Morgan fingerprint density at radius 2 is 2.18 bits per heavy atom. The van der Waals surface area contributed by atoms with Gasteiger partial charge in [0.2, 0.25) is 0 Å². The molecule has 1 aromatic rings. The highest BCUT2D eigenvalue weighted by Crippen LogP contribution is 2.30. The van der Waals surface area contributed by atoms with E-state index in [9.17, 15) is 13.2 Å². The third-order valence-corrected chi connectivity index (χ3v) is 2.69. The highest BCUT2D eigenvalue weighted by atomic mass is 79.9. The molecule has 17 heavy (non-hydrogen) atoms. The number of nitrogens with zero attached hydrogens (tertiary/aromatic N) is 2. The largest absolute Gasteiger partial charge is 0.573 e. The van der Waals surface area contributed by atoms with Crippen molar-refractivity contribution in [3.63, 3.8) is 0 Å². The fourth-order valence-corrected chi connectivity index (χ4v) is 2.00. The number of aromatic nitrogens is 1. The molecule has 0 unspecified atom stereocenters. The number of ether oxygens (including phenoxy) is 1. The Morgan fingerprint density at radius 1 is 1.53 bits per heavy atom. The van der Waals surface area contributed by atoms with Crippen molar-refractivity contribution in [2.45, 2.75) is 25.0 Å². The van der Waals surface area contributed by atoms with Gasteiger partial charge in [-0.05, 0) is 12.5 Å². The van der Waals surface area contributed by atoms with E-state index in [4.69, 9.17) is 5.26 Å². The maximum absolute atomic E-state index is 12.1. The molecule has 0 saturated carbocycles. The minimum atomic E-state index is -4.75. The monoisotopic (exact) mass is 308 g/mol. The summed E-state index contributed by atoms with van der Waals surface area (Å²) >= 11 is 3.09. The Kier molecular flexibility index (Phi) is 4.34. The van der Waals surface area contributed by atoms with E-state index in [0.717, 1.165) is 6.20 Å². The van der Waals surface area contributed by atoms with Crippen LogP contribution in [0, 0.1) is 18.3 Å². The highest BCUT2D eigenvalue weighted by molar-refractivity contribution is 9.08. The van der Waals surface area contributed by atoms with Crippen molar-refractivity contribution in [3.05, 3.63) is 23.0 Å². The van der Waals surface area contributed by atoms with E-state index in [-0.39, 0.29) is 17.5 Å². The molecule has 0 fully saturated rings. The second kappa shape index (κ2) is 5.36. The summed E-state index contributed by atoms with van der Waals surface area (Å²) in [6.45, 7) is 1.61. The zero-order chi connectivity index (χ0) is 13.1. The van der Waals surface area contributed by atoms with E-state index in [1.54, 1.807) is 6.92 Å². The van der Waals surface area contributed by atoms with Crippen LogP contribution in [0.3, 0.4) is 0 Å². The fourth-order valence-electron chi connectivity index (χ4n) is 1.30. The lowest BCUT2D eigenvalue weighted by atomic mass is 10.1. The number of pyridine rings is 1. The minimum absolute atomic E-state index is 0.0537. The van der Waals surface area contributed by atoms with Crippen molar-refractivity contribution >= 4 is 15.9 Å². The molecule has 0 aliphatic rings. The molecule has 0 aromatic carbocycles. The molecule has 92 valence electrons. The summed E-state index contributed by atoms with van der Waals surface area (Å²) in [6.07, 6.45) is -3.70. The van der Waals surface area contributed by atoms with E-state index in [1.807, 2.05) is 6.07 Å². The number of halogens is 4. The second-order valence-electron chi connectivity index (χ2n) is 3.19. The summed E-state index contributed by atoms with van der Waals surface area (Å²) in [5.41, 5.74) is 1.34. The van der Waals surface area contributed by atoms with Gasteiger partial charge in [0, 0.05) is 10.9 Å². The Hall–Kier alpha value is -1.29. The van der Waals surface area contributed by atoms with Crippen LogP contribution >= 0.6 is 15.9 Å². The highest BCUT2D eigenvalue weighted by Gasteiger charge is 2.32. The lowest BCUT2D eigenvalue weighted by molar-refractivity contribution is -0.275. The van der Waals surface area contributed by atoms with Crippen LogP contribution in [0.5, 0.6) is 5.75 Å². The molecule has 0 aliphatic carbocycles. The molecule has 7 heteroatoms. The molecule has 0 atom stereocenters. The van der Waals surface area contributed by atoms with Gasteiger partial charge in [-0.1, -0.05) is 15.9 Å². The van der Waals surface area contributed by atoms with Gasteiger partial charge < -0.3 is 4.74 Å². The fraction of sp³-hybridized carbons (Fsp3) is 0.400. The van der Waals surface area contributed by atoms with Crippen molar-refractivity contribution in [1.29, 1.82) is 5.26 Å². The molecule has 0 aliphatic heterocycles. The normalized spacial score (nSPS) is 11.1. The van der Waals surface area contributed by atoms with Crippen LogP contribution in [0.1, 0.15) is 16.8 Å². The van der Waals surface area contributed by atoms with Gasteiger partial charge in [-0.25, -0.2) is 0 Å². The first-order valence-corrected chi connectivity index (χ1v) is 5.67. The molecular weight excluding hydrogens is 301 g/mol. The van der Waals surface area contributed by atoms with Gasteiger partial charge in [-0.15, -0.1) is 13.2 Å². The average molecular weight is 309 g/mol. The Bertz CT molecular complexity index is 454. The van der Waals surface area contributed by atoms with E-state index < -0.39 is 6.36 Å². The molecule has 1 heterocycles. The maximum atomic E-state index is 12.1. The van der Waals surface area contributed by atoms with Gasteiger partial charge in [0.15, 0.2) is 5.75 Å². The molecule has 0 bridgehead atoms. The summed E-state index contributed by atoms with van der Waals surface area (Å²) in [6, 6.07) is 1.90. The molecule has 0 spiro atoms. The number of hydrogen-bond acceptors (Lipinski definition) is 3. The van der Waals surface area contributed by atoms with Crippen LogP contribution in [0.15, 0.2) is 6.20 Å². The lowest BCUT2D eigenvalue weighted by Gasteiger charge is -2.14. The van der Waals surface area contributed by atoms with Crippen molar-refractivity contribution < 1.29 is 17.9 Å². The van der Waals surface area contributed by atoms with E-state index >= 15 is 0 Å². The van der Waals surface area contributed by atoms with Gasteiger partial charge >= 0.3 is 6.36 Å². The standard InChI is InChI=1S/C10H8BrF3N2O/c1-6-7(4-11)9(17-10(12,13)14)5-16-8(6)2-3-15/h5H,2,4H2,1H3. The van der Waals surface area contributed by atoms with Crippen LogP contribution < -0.4 is 4.74 Å². The molecule has 0 saturated heterocycles. The maximum Gasteiger partial charge on any atom is 0.573 e. The zero-order valence-electron chi connectivity index (χ0n) is 8.81. The van der Waals surface area contributed by atoms with Gasteiger partial charge in [0.25, 0.3) is 0 Å². The van der Waals surface area contributed by atoms with E-state index in [0.29, 0.717) is 16.8 Å². The average Bonchev–Trinajstić information content (AvgIpc) is 2.21. The van der Waals surface area contributed by atoms with Crippen molar-refractivity contribution in [2.75, 3.05) is 0 Å². The first kappa shape index (κ1) is 13.8. The van der Waals surface area contributed by atoms with Crippen LogP contribution in [-0.4, -0.2) is 11.3 Å². The first-order chi connectivity index (χ1) is 7.89. The summed E-state index contributed by atoms with van der Waals surface area (Å²) in [7, 11) is 0. The number of nitriles is 1. The van der Waals surface area contributed by atoms with Crippen LogP contribution in [-0.2, 0) is 11.8 Å². The third-order valence-electron chi connectivity index (χ3n) is 2.13. The quantitative estimate of drug-likeness (QED) is 0.805. The molecule has 0 radical (unpaired) electrons. The third kappa shape index (κ3) is 3.60. The second-order valence-corrected chi connectivity index (χ2v) is 3.75. The lowest BCUT2D eigenvalue weighted by Crippen LogP contribution is -2.19. The number of rotatable bonds is 3. The first-order valence-electron chi connectivity index (χ1n) is 4.55. The van der Waals surface area contributed by atoms with Gasteiger partial charge in [-0.3, -0.25) is 4.98 Å². The van der Waals surface area contributed by atoms with Gasteiger partial charge in [0.1, 0.15) is 0 Å². The summed E-state index contributed by atoms with van der Waals surface area (Å²) in [4.78, 5) is 3.79. The summed E-state index contributed by atoms with van der Waals surface area (Å²) in [5.74, 6) is -0.339. The van der Waals surface area contributed by atoms with Crippen molar-refractivity contribution in [2.24, 2.45) is 0 Å². The molecule has 1 aromatic heterocycles. The minimum Gasteiger partial charge on any atom is -0.404 e. The molecule has 0 N–H and O–H groups in total. The topological polar surface area (TPSA) is 45.9 Å². The van der Waals surface area contributed by atoms with Crippen LogP contribution in [0.4, 0.5) is 13.2 Å². The van der Waals surface area contributed by atoms with Gasteiger partial charge in [-0.2, -0.15) is 5.26 Å². The smallest absolute Gasteiger partial charge is 0.404 e. The van der Waals surface area contributed by atoms with Crippen molar-refractivity contribution in [1.82, 2.24) is 4.98 Å². The molecule has 1 rings (SSSR count). The molecule has 0 amide bonds.